The monoisotopic (exact) mass is 445 g/mol. The number of carbonyl (C=O) groups excluding carboxylic acids is 3. The first-order valence-electron chi connectivity index (χ1n) is 11.8. The standard InChI is InChI=1S/C24H35N3O5/c1-4-16(2)20(24(31)32-3)25-22(29)18-14-27(17-10-6-7-11-17)15-19(21(18)28)23(30)26-12-8-5-9-13-26/h14-17,20H,4-13H2,1-3H3,(H,25,29)/t16-,20-/m0/s1. The Bertz CT molecular complexity index is 897. The fraction of sp³-hybridized carbons (Fsp3) is 0.667. The molecule has 32 heavy (non-hydrogen) atoms. The number of hydrogen-bond donors (Lipinski definition) is 1. The first-order chi connectivity index (χ1) is 15.4. The zero-order valence-electron chi connectivity index (χ0n) is 19.4. The number of aromatic nitrogens is 1. The number of ether oxygens (including phenoxy) is 1. The Morgan fingerprint density at radius 1 is 1.06 bits per heavy atom. The Morgan fingerprint density at radius 3 is 2.28 bits per heavy atom. The van der Waals surface area contributed by atoms with Crippen molar-refractivity contribution < 1.29 is 19.1 Å². The van der Waals surface area contributed by atoms with Crippen LogP contribution in [0.5, 0.6) is 0 Å². The highest BCUT2D eigenvalue weighted by molar-refractivity contribution is 6.00. The number of piperidine rings is 1. The molecule has 0 bridgehead atoms. The molecular formula is C24H35N3O5. The zero-order chi connectivity index (χ0) is 23.3. The van der Waals surface area contributed by atoms with Crippen LogP contribution in [-0.4, -0.2) is 53.5 Å². The summed E-state index contributed by atoms with van der Waals surface area (Å²) in [5.41, 5.74) is -0.651. The molecule has 0 aromatic carbocycles. The van der Waals surface area contributed by atoms with E-state index in [0.717, 1.165) is 44.9 Å². The van der Waals surface area contributed by atoms with Crippen LogP contribution in [0.1, 0.15) is 92.0 Å². The van der Waals surface area contributed by atoms with E-state index in [9.17, 15) is 19.2 Å². The van der Waals surface area contributed by atoms with Crippen LogP contribution < -0.4 is 10.7 Å². The van der Waals surface area contributed by atoms with Crippen molar-refractivity contribution in [3.8, 4) is 0 Å². The van der Waals surface area contributed by atoms with Gasteiger partial charge in [-0.05, 0) is 38.0 Å². The molecule has 2 amide bonds. The highest BCUT2D eigenvalue weighted by Crippen LogP contribution is 2.29. The molecular weight excluding hydrogens is 410 g/mol. The SMILES string of the molecule is CC[C@H](C)[C@H](NC(=O)c1cn(C2CCCC2)cc(C(=O)N2CCCCC2)c1=O)C(=O)OC. The highest BCUT2D eigenvalue weighted by atomic mass is 16.5. The van der Waals surface area contributed by atoms with Crippen molar-refractivity contribution in [2.45, 2.75) is 77.3 Å². The summed E-state index contributed by atoms with van der Waals surface area (Å²) in [6.45, 7) is 5.00. The lowest BCUT2D eigenvalue weighted by Gasteiger charge is -2.27. The van der Waals surface area contributed by atoms with Crippen LogP contribution in [-0.2, 0) is 9.53 Å². The van der Waals surface area contributed by atoms with Crippen molar-refractivity contribution in [3.05, 3.63) is 33.7 Å². The summed E-state index contributed by atoms with van der Waals surface area (Å²) in [4.78, 5) is 53.6. The molecule has 2 heterocycles. The lowest BCUT2D eigenvalue weighted by Crippen LogP contribution is -2.47. The molecule has 2 fully saturated rings. The number of esters is 1. The van der Waals surface area contributed by atoms with Gasteiger partial charge < -0.3 is 19.5 Å². The number of hydrogen-bond acceptors (Lipinski definition) is 5. The lowest BCUT2D eigenvalue weighted by atomic mass is 9.98. The smallest absolute Gasteiger partial charge is 0.328 e. The number of carbonyl (C=O) groups is 3. The van der Waals surface area contributed by atoms with Gasteiger partial charge in [-0.2, -0.15) is 0 Å². The van der Waals surface area contributed by atoms with Gasteiger partial charge in [-0.15, -0.1) is 0 Å². The third-order valence-electron chi connectivity index (χ3n) is 6.86. The third-order valence-corrected chi connectivity index (χ3v) is 6.86. The summed E-state index contributed by atoms with van der Waals surface area (Å²) in [6, 6.07) is -0.709. The van der Waals surface area contributed by atoms with Gasteiger partial charge in [0.2, 0.25) is 5.43 Å². The minimum atomic E-state index is -0.863. The van der Waals surface area contributed by atoms with Gasteiger partial charge in [0.25, 0.3) is 11.8 Å². The van der Waals surface area contributed by atoms with Gasteiger partial charge in [0.05, 0.1) is 7.11 Å². The van der Waals surface area contributed by atoms with E-state index in [1.54, 1.807) is 17.3 Å². The molecule has 0 unspecified atom stereocenters. The van der Waals surface area contributed by atoms with Gasteiger partial charge in [0.1, 0.15) is 17.2 Å². The van der Waals surface area contributed by atoms with E-state index in [1.165, 1.54) is 7.11 Å². The summed E-state index contributed by atoms with van der Waals surface area (Å²) in [5, 5.41) is 2.69. The lowest BCUT2D eigenvalue weighted by molar-refractivity contribution is -0.144. The van der Waals surface area contributed by atoms with E-state index in [0.29, 0.717) is 19.5 Å². The van der Waals surface area contributed by atoms with Crippen LogP contribution in [0.3, 0.4) is 0 Å². The highest BCUT2D eigenvalue weighted by Gasteiger charge is 2.30. The number of methoxy groups -OCH3 is 1. The van der Waals surface area contributed by atoms with Gasteiger partial charge in [0, 0.05) is 31.5 Å². The number of pyridine rings is 1. The van der Waals surface area contributed by atoms with Crippen molar-refractivity contribution in [3.63, 3.8) is 0 Å². The van der Waals surface area contributed by atoms with Crippen molar-refractivity contribution >= 4 is 17.8 Å². The summed E-state index contributed by atoms with van der Waals surface area (Å²) in [6.07, 6.45) is 10.8. The molecule has 8 heteroatoms. The van der Waals surface area contributed by atoms with E-state index in [4.69, 9.17) is 4.74 Å². The summed E-state index contributed by atoms with van der Waals surface area (Å²) >= 11 is 0. The number of rotatable bonds is 7. The second-order valence-corrected chi connectivity index (χ2v) is 9.01. The maximum absolute atomic E-state index is 13.3. The predicted octanol–water partition coefficient (Wildman–Crippen LogP) is 2.91. The van der Waals surface area contributed by atoms with Gasteiger partial charge in [-0.1, -0.05) is 33.1 Å². The minimum absolute atomic E-state index is 0.0320. The molecule has 176 valence electrons. The van der Waals surface area contributed by atoms with Crippen LogP contribution >= 0.6 is 0 Å². The first-order valence-corrected chi connectivity index (χ1v) is 11.8. The minimum Gasteiger partial charge on any atom is -0.467 e. The van der Waals surface area contributed by atoms with Crippen LogP contribution in [0.2, 0.25) is 0 Å². The maximum atomic E-state index is 13.3. The van der Waals surface area contributed by atoms with Crippen LogP contribution in [0.4, 0.5) is 0 Å². The second kappa shape index (κ2) is 10.8. The average molecular weight is 446 g/mol. The van der Waals surface area contributed by atoms with E-state index in [1.807, 2.05) is 18.4 Å². The molecule has 1 aromatic rings. The number of nitrogens with one attached hydrogen (secondary N) is 1. The normalized spacial score (nSPS) is 18.8. The van der Waals surface area contributed by atoms with Crippen molar-refractivity contribution in [2.24, 2.45) is 5.92 Å². The molecule has 1 aliphatic carbocycles. The van der Waals surface area contributed by atoms with Crippen molar-refractivity contribution in [1.82, 2.24) is 14.8 Å². The van der Waals surface area contributed by atoms with Crippen molar-refractivity contribution in [1.29, 1.82) is 0 Å². The Hall–Kier alpha value is -2.64. The zero-order valence-corrected chi connectivity index (χ0v) is 19.4. The number of amides is 2. The molecule has 1 saturated carbocycles. The molecule has 3 rings (SSSR count). The molecule has 0 radical (unpaired) electrons. The van der Waals surface area contributed by atoms with Gasteiger partial charge in [-0.25, -0.2) is 4.79 Å². The van der Waals surface area contributed by atoms with E-state index in [2.05, 4.69) is 5.32 Å². The fourth-order valence-electron chi connectivity index (χ4n) is 4.61. The Kier molecular flexibility index (Phi) is 8.10. The molecule has 1 N–H and O–H groups in total. The van der Waals surface area contributed by atoms with Gasteiger partial charge in [0.15, 0.2) is 0 Å². The largest absolute Gasteiger partial charge is 0.467 e. The Balaban J connectivity index is 1.98. The predicted molar refractivity (Wildman–Crippen MR) is 121 cm³/mol. The maximum Gasteiger partial charge on any atom is 0.328 e. The van der Waals surface area contributed by atoms with E-state index >= 15 is 0 Å². The van der Waals surface area contributed by atoms with Gasteiger partial charge >= 0.3 is 5.97 Å². The topological polar surface area (TPSA) is 97.7 Å². The van der Waals surface area contributed by atoms with E-state index < -0.39 is 23.3 Å². The Morgan fingerprint density at radius 2 is 1.69 bits per heavy atom. The Labute approximate surface area is 189 Å². The van der Waals surface area contributed by atoms with Crippen LogP contribution in [0.15, 0.2) is 17.2 Å². The molecule has 1 saturated heterocycles. The van der Waals surface area contributed by atoms with Crippen LogP contribution in [0.25, 0.3) is 0 Å². The van der Waals surface area contributed by atoms with Crippen LogP contribution in [0, 0.1) is 5.92 Å². The molecule has 2 aliphatic rings. The molecule has 1 aliphatic heterocycles. The van der Waals surface area contributed by atoms with Gasteiger partial charge in [-0.3, -0.25) is 14.4 Å². The molecule has 0 spiro atoms. The number of likely N-dealkylation sites (tertiary alicyclic amines) is 1. The average Bonchev–Trinajstić information content (AvgIpc) is 3.36. The number of nitrogens with zero attached hydrogens (tertiary/aromatic N) is 2. The first kappa shape index (κ1) is 24.0. The summed E-state index contributed by atoms with van der Waals surface area (Å²) in [5.74, 6) is -1.68. The fourth-order valence-corrected chi connectivity index (χ4v) is 4.61. The summed E-state index contributed by atoms with van der Waals surface area (Å²) < 4.78 is 6.71. The summed E-state index contributed by atoms with van der Waals surface area (Å²) in [7, 11) is 1.27. The molecule has 1 aromatic heterocycles. The molecule has 8 nitrogen and oxygen atoms in total. The molecule has 2 atom stereocenters. The third kappa shape index (κ3) is 5.22. The van der Waals surface area contributed by atoms with Crippen molar-refractivity contribution in [2.75, 3.05) is 20.2 Å². The second-order valence-electron chi connectivity index (χ2n) is 9.01. The quantitative estimate of drug-likeness (QED) is 0.651. The van der Waals surface area contributed by atoms with E-state index in [-0.39, 0.29) is 29.0 Å².